The number of amides is 2. The fraction of sp³-hybridized carbons (Fsp3) is 0.316. The van der Waals surface area contributed by atoms with Crippen LogP contribution in [0.4, 0.5) is 10.5 Å². The van der Waals surface area contributed by atoms with Crippen molar-refractivity contribution in [2.24, 2.45) is 0 Å². The van der Waals surface area contributed by atoms with Crippen LogP contribution < -0.4 is 15.5 Å². The van der Waals surface area contributed by atoms with Crippen LogP contribution in [0.2, 0.25) is 0 Å². The standard InChI is InChI=1S/C19H25N3O/c1-22(18-12-6-3-7-13-18)16-15-21-19(23)20-14-8-11-17-9-4-2-5-10-17/h2-7,9-10,12-13H,8,11,14-16H2,1H3,(H2,20,21,23). The lowest BCUT2D eigenvalue weighted by Gasteiger charge is -2.19. The van der Waals surface area contributed by atoms with Crippen molar-refractivity contribution in [1.29, 1.82) is 0 Å². The van der Waals surface area contributed by atoms with Crippen LogP contribution in [-0.4, -0.2) is 32.7 Å². The molecule has 2 amide bonds. The van der Waals surface area contributed by atoms with E-state index in [0.29, 0.717) is 13.1 Å². The van der Waals surface area contributed by atoms with Gasteiger partial charge in [-0.05, 0) is 30.5 Å². The molecule has 0 saturated heterocycles. The third-order valence-electron chi connectivity index (χ3n) is 3.70. The Hall–Kier alpha value is -2.49. The summed E-state index contributed by atoms with van der Waals surface area (Å²) in [4.78, 5) is 13.9. The van der Waals surface area contributed by atoms with Crippen LogP contribution >= 0.6 is 0 Å². The smallest absolute Gasteiger partial charge is 0.314 e. The van der Waals surface area contributed by atoms with E-state index in [1.807, 2.05) is 43.4 Å². The molecule has 0 aliphatic heterocycles. The number of para-hydroxylation sites is 1. The van der Waals surface area contributed by atoms with Crippen molar-refractivity contribution in [2.45, 2.75) is 12.8 Å². The van der Waals surface area contributed by atoms with Gasteiger partial charge in [0.2, 0.25) is 0 Å². The Bertz CT molecular complexity index is 572. The monoisotopic (exact) mass is 311 g/mol. The number of aryl methyl sites for hydroxylation is 1. The number of rotatable bonds is 8. The Labute approximate surface area is 138 Å². The van der Waals surface area contributed by atoms with Crippen LogP contribution in [0.15, 0.2) is 60.7 Å². The van der Waals surface area contributed by atoms with Gasteiger partial charge in [0.1, 0.15) is 0 Å². The zero-order chi connectivity index (χ0) is 16.3. The number of benzene rings is 2. The van der Waals surface area contributed by atoms with Gasteiger partial charge in [-0.25, -0.2) is 4.79 Å². The summed E-state index contributed by atoms with van der Waals surface area (Å²) in [7, 11) is 2.02. The minimum atomic E-state index is -0.0977. The summed E-state index contributed by atoms with van der Waals surface area (Å²) >= 11 is 0. The molecule has 0 fully saturated rings. The molecule has 0 atom stereocenters. The molecule has 0 bridgehead atoms. The minimum absolute atomic E-state index is 0.0977. The van der Waals surface area contributed by atoms with E-state index in [9.17, 15) is 4.79 Å². The number of anilines is 1. The highest BCUT2D eigenvalue weighted by molar-refractivity contribution is 5.73. The van der Waals surface area contributed by atoms with E-state index < -0.39 is 0 Å². The molecule has 2 aromatic rings. The van der Waals surface area contributed by atoms with Crippen LogP contribution in [0, 0.1) is 0 Å². The highest BCUT2D eigenvalue weighted by atomic mass is 16.2. The third kappa shape index (κ3) is 6.43. The van der Waals surface area contributed by atoms with E-state index in [0.717, 1.165) is 25.1 Å². The van der Waals surface area contributed by atoms with E-state index in [4.69, 9.17) is 0 Å². The largest absolute Gasteiger partial charge is 0.373 e. The highest BCUT2D eigenvalue weighted by Crippen LogP contribution is 2.09. The Morgan fingerprint density at radius 3 is 2.22 bits per heavy atom. The van der Waals surface area contributed by atoms with Crippen LogP contribution in [0.5, 0.6) is 0 Å². The Balaban J connectivity index is 1.55. The normalized spacial score (nSPS) is 10.1. The van der Waals surface area contributed by atoms with Gasteiger partial charge in [0.25, 0.3) is 0 Å². The number of nitrogens with zero attached hydrogens (tertiary/aromatic N) is 1. The predicted molar refractivity (Wildman–Crippen MR) is 95.9 cm³/mol. The number of hydrogen-bond acceptors (Lipinski definition) is 2. The van der Waals surface area contributed by atoms with E-state index >= 15 is 0 Å². The van der Waals surface area contributed by atoms with Gasteiger partial charge in [-0.2, -0.15) is 0 Å². The number of likely N-dealkylation sites (N-methyl/N-ethyl adjacent to an activating group) is 1. The van der Waals surface area contributed by atoms with Gasteiger partial charge < -0.3 is 15.5 Å². The summed E-state index contributed by atoms with van der Waals surface area (Å²) in [6.07, 6.45) is 1.93. The summed E-state index contributed by atoms with van der Waals surface area (Å²) in [5.74, 6) is 0. The molecule has 2 aromatic carbocycles. The van der Waals surface area contributed by atoms with Crippen molar-refractivity contribution >= 4 is 11.7 Å². The molecule has 0 aliphatic carbocycles. The van der Waals surface area contributed by atoms with Crippen molar-refractivity contribution in [2.75, 3.05) is 31.6 Å². The first-order valence-corrected chi connectivity index (χ1v) is 8.07. The molecular weight excluding hydrogens is 286 g/mol. The second-order valence-corrected chi connectivity index (χ2v) is 5.53. The fourth-order valence-electron chi connectivity index (χ4n) is 2.35. The average molecular weight is 311 g/mol. The highest BCUT2D eigenvalue weighted by Gasteiger charge is 2.02. The molecule has 0 aromatic heterocycles. The first-order valence-electron chi connectivity index (χ1n) is 8.07. The van der Waals surface area contributed by atoms with E-state index in [1.54, 1.807) is 0 Å². The maximum absolute atomic E-state index is 11.7. The van der Waals surface area contributed by atoms with Gasteiger partial charge in [0, 0.05) is 32.4 Å². The maximum atomic E-state index is 11.7. The lowest BCUT2D eigenvalue weighted by Crippen LogP contribution is -2.40. The van der Waals surface area contributed by atoms with Crippen LogP contribution in [0.3, 0.4) is 0 Å². The van der Waals surface area contributed by atoms with E-state index in [2.05, 4.69) is 39.8 Å². The number of carbonyl (C=O) groups is 1. The average Bonchev–Trinajstić information content (AvgIpc) is 2.60. The Morgan fingerprint density at radius 1 is 0.913 bits per heavy atom. The topological polar surface area (TPSA) is 44.4 Å². The predicted octanol–water partition coefficient (Wildman–Crippen LogP) is 3.05. The molecule has 0 heterocycles. The quantitative estimate of drug-likeness (QED) is 0.736. The number of carbonyl (C=O) groups excluding carboxylic acids is 1. The second kappa shape index (κ2) is 9.51. The lowest BCUT2D eigenvalue weighted by molar-refractivity contribution is 0.241. The SMILES string of the molecule is CN(CCNC(=O)NCCCc1ccccc1)c1ccccc1. The minimum Gasteiger partial charge on any atom is -0.373 e. The fourth-order valence-corrected chi connectivity index (χ4v) is 2.35. The number of urea groups is 1. The van der Waals surface area contributed by atoms with Gasteiger partial charge in [0.15, 0.2) is 0 Å². The number of nitrogens with one attached hydrogen (secondary N) is 2. The van der Waals surface area contributed by atoms with Crippen LogP contribution in [0.1, 0.15) is 12.0 Å². The summed E-state index contributed by atoms with van der Waals surface area (Å²) < 4.78 is 0. The zero-order valence-corrected chi connectivity index (χ0v) is 13.7. The summed E-state index contributed by atoms with van der Waals surface area (Å²) in [6.45, 7) is 2.09. The van der Waals surface area contributed by atoms with Gasteiger partial charge in [-0.15, -0.1) is 0 Å². The van der Waals surface area contributed by atoms with Crippen molar-refractivity contribution in [1.82, 2.24) is 10.6 Å². The van der Waals surface area contributed by atoms with E-state index in [1.165, 1.54) is 5.56 Å². The Kier molecular flexibility index (Phi) is 6.98. The summed E-state index contributed by atoms with van der Waals surface area (Å²) in [5.41, 5.74) is 2.46. The molecule has 0 aliphatic rings. The van der Waals surface area contributed by atoms with Gasteiger partial charge in [0.05, 0.1) is 0 Å². The molecule has 2 rings (SSSR count). The molecule has 0 radical (unpaired) electrons. The van der Waals surface area contributed by atoms with Crippen LogP contribution in [-0.2, 0) is 6.42 Å². The zero-order valence-electron chi connectivity index (χ0n) is 13.7. The molecule has 0 spiro atoms. The second-order valence-electron chi connectivity index (χ2n) is 5.53. The molecule has 23 heavy (non-hydrogen) atoms. The van der Waals surface area contributed by atoms with Gasteiger partial charge >= 0.3 is 6.03 Å². The molecule has 0 saturated carbocycles. The summed E-state index contributed by atoms with van der Waals surface area (Å²) in [6, 6.07) is 20.4. The molecule has 2 N–H and O–H groups in total. The van der Waals surface area contributed by atoms with Crippen molar-refractivity contribution in [3.05, 3.63) is 66.2 Å². The molecule has 4 heteroatoms. The molecular formula is C19H25N3O. The van der Waals surface area contributed by atoms with E-state index in [-0.39, 0.29) is 6.03 Å². The third-order valence-corrected chi connectivity index (χ3v) is 3.70. The first kappa shape index (κ1) is 16.9. The lowest BCUT2D eigenvalue weighted by atomic mass is 10.1. The van der Waals surface area contributed by atoms with Gasteiger partial charge in [-0.3, -0.25) is 0 Å². The van der Waals surface area contributed by atoms with Crippen molar-refractivity contribution in [3.63, 3.8) is 0 Å². The number of hydrogen-bond donors (Lipinski definition) is 2. The Morgan fingerprint density at radius 2 is 1.52 bits per heavy atom. The maximum Gasteiger partial charge on any atom is 0.314 e. The first-order chi connectivity index (χ1) is 11.3. The molecule has 0 unspecified atom stereocenters. The molecule has 122 valence electrons. The summed E-state index contributed by atoms with van der Waals surface area (Å²) in [5, 5.41) is 5.79. The van der Waals surface area contributed by atoms with Crippen molar-refractivity contribution in [3.8, 4) is 0 Å². The van der Waals surface area contributed by atoms with Crippen LogP contribution in [0.25, 0.3) is 0 Å². The van der Waals surface area contributed by atoms with Gasteiger partial charge in [-0.1, -0.05) is 48.5 Å². The van der Waals surface area contributed by atoms with Crippen molar-refractivity contribution < 1.29 is 4.79 Å². The molecule has 4 nitrogen and oxygen atoms in total.